The monoisotopic (exact) mass is 305 g/mol. The van der Waals surface area contributed by atoms with Crippen LogP contribution in [0.5, 0.6) is 0 Å². The maximum atomic E-state index is 12.7. The number of carbonyl (C=O) groups excluding carboxylic acids is 2. The molecule has 4 nitrogen and oxygen atoms in total. The van der Waals surface area contributed by atoms with Crippen molar-refractivity contribution in [2.45, 2.75) is 46.0 Å². The fourth-order valence-electron chi connectivity index (χ4n) is 2.36. The minimum Gasteiger partial charge on any atom is -0.469 e. The highest BCUT2D eigenvalue weighted by Gasteiger charge is 2.18. The molecule has 0 aromatic heterocycles. The predicted molar refractivity (Wildman–Crippen MR) is 87.9 cm³/mol. The van der Waals surface area contributed by atoms with E-state index in [2.05, 4.69) is 11.7 Å². The molecule has 4 heteroatoms. The summed E-state index contributed by atoms with van der Waals surface area (Å²) in [6.45, 7) is 5.19. The van der Waals surface area contributed by atoms with Crippen molar-refractivity contribution in [3.05, 3.63) is 35.4 Å². The Kier molecular flexibility index (Phi) is 8.26. The minimum atomic E-state index is -0.281. The molecule has 0 heterocycles. The second-order valence-electron chi connectivity index (χ2n) is 5.49. The molecule has 0 fully saturated rings. The number of esters is 1. The van der Waals surface area contributed by atoms with Crippen molar-refractivity contribution < 1.29 is 14.3 Å². The molecule has 0 unspecified atom stereocenters. The summed E-state index contributed by atoms with van der Waals surface area (Å²) in [5.74, 6) is -0.283. The minimum absolute atomic E-state index is 0.00139. The first-order valence-corrected chi connectivity index (χ1v) is 8.01. The molecule has 0 spiro atoms. The van der Waals surface area contributed by atoms with E-state index in [9.17, 15) is 9.59 Å². The van der Waals surface area contributed by atoms with E-state index < -0.39 is 0 Å². The quantitative estimate of drug-likeness (QED) is 0.517. The lowest BCUT2D eigenvalue weighted by Crippen LogP contribution is -2.34. The van der Waals surface area contributed by atoms with Crippen LogP contribution >= 0.6 is 0 Å². The number of methoxy groups -OCH3 is 1. The van der Waals surface area contributed by atoms with Crippen molar-refractivity contribution in [1.29, 1.82) is 0 Å². The first-order valence-electron chi connectivity index (χ1n) is 8.01. The second kappa shape index (κ2) is 9.98. The molecule has 122 valence electrons. The zero-order valence-corrected chi connectivity index (χ0v) is 13.9. The van der Waals surface area contributed by atoms with Crippen molar-refractivity contribution in [2.75, 3.05) is 20.2 Å². The number of unbranched alkanes of at least 4 members (excludes halogenated alkanes) is 3. The van der Waals surface area contributed by atoms with Gasteiger partial charge in [-0.25, -0.2) is 0 Å². The average Bonchev–Trinajstić information content (AvgIpc) is 2.53. The molecule has 0 saturated carbocycles. The standard InChI is InChI=1S/C18H27NO3/c1-4-5-6-9-13-19(14-12-17(20)22-3)18(21)16-11-8-7-10-15(16)2/h7-8,10-11H,4-6,9,12-14H2,1-3H3. The van der Waals surface area contributed by atoms with Crippen molar-refractivity contribution in [3.8, 4) is 0 Å². The van der Waals surface area contributed by atoms with Crippen LogP contribution in [-0.2, 0) is 9.53 Å². The lowest BCUT2D eigenvalue weighted by Gasteiger charge is -2.23. The molecule has 0 bridgehead atoms. The largest absolute Gasteiger partial charge is 0.469 e. The van der Waals surface area contributed by atoms with E-state index in [0.29, 0.717) is 18.7 Å². The normalized spacial score (nSPS) is 10.3. The molecule has 1 aromatic carbocycles. The number of benzene rings is 1. The maximum Gasteiger partial charge on any atom is 0.307 e. The van der Waals surface area contributed by atoms with Gasteiger partial charge in [-0.05, 0) is 25.0 Å². The van der Waals surface area contributed by atoms with Gasteiger partial charge in [0.2, 0.25) is 0 Å². The van der Waals surface area contributed by atoms with Crippen LogP contribution < -0.4 is 0 Å². The number of hydrogen-bond donors (Lipinski definition) is 0. The Hall–Kier alpha value is -1.84. The van der Waals surface area contributed by atoms with Gasteiger partial charge in [-0.15, -0.1) is 0 Å². The number of carbonyl (C=O) groups is 2. The predicted octanol–water partition coefficient (Wildman–Crippen LogP) is 3.58. The molecule has 0 atom stereocenters. The first-order chi connectivity index (χ1) is 10.6. The molecule has 0 aliphatic carbocycles. The molecule has 0 saturated heterocycles. The summed E-state index contributed by atoms with van der Waals surface area (Å²) < 4.78 is 4.68. The summed E-state index contributed by atoms with van der Waals surface area (Å²) in [6.07, 6.45) is 4.64. The lowest BCUT2D eigenvalue weighted by molar-refractivity contribution is -0.140. The summed E-state index contributed by atoms with van der Waals surface area (Å²) in [6, 6.07) is 7.57. The fourth-order valence-corrected chi connectivity index (χ4v) is 2.36. The molecule has 1 amide bonds. The number of rotatable bonds is 9. The summed E-state index contributed by atoms with van der Waals surface area (Å²) in [7, 11) is 1.37. The van der Waals surface area contributed by atoms with Gasteiger partial charge in [0.1, 0.15) is 0 Å². The maximum absolute atomic E-state index is 12.7. The van der Waals surface area contributed by atoms with Crippen LogP contribution in [0.15, 0.2) is 24.3 Å². The van der Waals surface area contributed by atoms with E-state index in [1.54, 1.807) is 4.90 Å². The van der Waals surface area contributed by atoms with E-state index in [0.717, 1.165) is 24.8 Å². The molecular formula is C18H27NO3. The van der Waals surface area contributed by atoms with Gasteiger partial charge in [-0.2, -0.15) is 0 Å². The molecule has 22 heavy (non-hydrogen) atoms. The molecule has 1 rings (SSSR count). The van der Waals surface area contributed by atoms with E-state index in [4.69, 9.17) is 0 Å². The Morgan fingerprint density at radius 2 is 1.82 bits per heavy atom. The topological polar surface area (TPSA) is 46.6 Å². The van der Waals surface area contributed by atoms with Crippen LogP contribution in [0.25, 0.3) is 0 Å². The van der Waals surface area contributed by atoms with Gasteiger partial charge < -0.3 is 9.64 Å². The lowest BCUT2D eigenvalue weighted by atomic mass is 10.1. The summed E-state index contributed by atoms with van der Waals surface area (Å²) >= 11 is 0. The van der Waals surface area contributed by atoms with Gasteiger partial charge in [-0.3, -0.25) is 9.59 Å². The van der Waals surface area contributed by atoms with Crippen LogP contribution in [0.1, 0.15) is 54.9 Å². The summed E-state index contributed by atoms with van der Waals surface area (Å²) in [4.78, 5) is 25.8. The Morgan fingerprint density at radius 1 is 1.09 bits per heavy atom. The molecule has 0 N–H and O–H groups in total. The van der Waals surface area contributed by atoms with E-state index in [1.165, 1.54) is 13.5 Å². The Labute approximate surface area is 133 Å². The molecule has 0 aliphatic rings. The van der Waals surface area contributed by atoms with Gasteiger partial charge in [0.25, 0.3) is 5.91 Å². The van der Waals surface area contributed by atoms with Crippen LogP contribution in [-0.4, -0.2) is 37.0 Å². The van der Waals surface area contributed by atoms with Crippen LogP contribution in [0.4, 0.5) is 0 Å². The van der Waals surface area contributed by atoms with Gasteiger partial charge >= 0.3 is 5.97 Å². The van der Waals surface area contributed by atoms with Crippen LogP contribution in [0.3, 0.4) is 0 Å². The number of aryl methyl sites for hydroxylation is 1. The van der Waals surface area contributed by atoms with Gasteiger partial charge in [0.15, 0.2) is 0 Å². The van der Waals surface area contributed by atoms with Crippen molar-refractivity contribution in [3.63, 3.8) is 0 Å². The fraction of sp³-hybridized carbons (Fsp3) is 0.556. The van der Waals surface area contributed by atoms with E-state index in [-0.39, 0.29) is 18.3 Å². The number of amides is 1. The van der Waals surface area contributed by atoms with Crippen LogP contribution in [0, 0.1) is 6.92 Å². The SMILES string of the molecule is CCCCCCN(CCC(=O)OC)C(=O)c1ccccc1C. The molecule has 0 radical (unpaired) electrons. The smallest absolute Gasteiger partial charge is 0.307 e. The first kappa shape index (κ1) is 18.2. The Balaban J connectivity index is 2.72. The molecule has 0 aliphatic heterocycles. The van der Waals surface area contributed by atoms with Gasteiger partial charge in [0.05, 0.1) is 13.5 Å². The third-order valence-corrected chi connectivity index (χ3v) is 3.76. The number of hydrogen-bond acceptors (Lipinski definition) is 3. The van der Waals surface area contributed by atoms with Crippen LogP contribution in [0.2, 0.25) is 0 Å². The third-order valence-electron chi connectivity index (χ3n) is 3.76. The van der Waals surface area contributed by atoms with E-state index >= 15 is 0 Å². The highest BCUT2D eigenvalue weighted by atomic mass is 16.5. The average molecular weight is 305 g/mol. The third kappa shape index (κ3) is 5.88. The van der Waals surface area contributed by atoms with Crippen molar-refractivity contribution in [1.82, 2.24) is 4.90 Å². The van der Waals surface area contributed by atoms with Gasteiger partial charge in [-0.1, -0.05) is 44.4 Å². The summed E-state index contributed by atoms with van der Waals surface area (Å²) in [5, 5.41) is 0. The zero-order valence-electron chi connectivity index (χ0n) is 13.9. The van der Waals surface area contributed by atoms with Gasteiger partial charge in [0, 0.05) is 18.7 Å². The molecule has 1 aromatic rings. The summed E-state index contributed by atoms with van der Waals surface area (Å²) in [5.41, 5.74) is 1.67. The number of nitrogens with zero attached hydrogens (tertiary/aromatic N) is 1. The van der Waals surface area contributed by atoms with Crippen molar-refractivity contribution in [2.24, 2.45) is 0 Å². The van der Waals surface area contributed by atoms with Crippen molar-refractivity contribution >= 4 is 11.9 Å². The second-order valence-corrected chi connectivity index (χ2v) is 5.49. The molecular weight excluding hydrogens is 278 g/mol. The highest BCUT2D eigenvalue weighted by molar-refractivity contribution is 5.95. The van der Waals surface area contributed by atoms with E-state index in [1.807, 2.05) is 31.2 Å². The number of ether oxygens (including phenoxy) is 1. The highest BCUT2D eigenvalue weighted by Crippen LogP contribution is 2.12. The Morgan fingerprint density at radius 3 is 2.45 bits per heavy atom. The Bertz CT molecular complexity index is 485. The zero-order chi connectivity index (χ0) is 16.4.